The summed E-state index contributed by atoms with van der Waals surface area (Å²) in [6.07, 6.45) is 1.27. The zero-order chi connectivity index (χ0) is 23.5. The van der Waals surface area contributed by atoms with E-state index in [1.54, 1.807) is 12.0 Å². The first kappa shape index (κ1) is 23.9. The van der Waals surface area contributed by atoms with E-state index in [0.717, 1.165) is 22.7 Å². The Kier molecular flexibility index (Phi) is 8.88. The minimum atomic E-state index is -0.0709. The molecule has 0 radical (unpaired) electrons. The molecule has 0 aliphatic heterocycles. The molecule has 33 heavy (non-hydrogen) atoms. The Morgan fingerprint density at radius 3 is 2.18 bits per heavy atom. The Labute approximate surface area is 195 Å². The van der Waals surface area contributed by atoms with Gasteiger partial charge in [0.2, 0.25) is 11.8 Å². The number of anilines is 2. The fourth-order valence-electron chi connectivity index (χ4n) is 3.41. The van der Waals surface area contributed by atoms with Crippen LogP contribution in [0.15, 0.2) is 78.9 Å². The predicted octanol–water partition coefficient (Wildman–Crippen LogP) is 5.09. The Balaban J connectivity index is 1.41. The van der Waals surface area contributed by atoms with E-state index < -0.39 is 0 Å². The average molecular weight is 447 g/mol. The molecule has 0 aromatic heterocycles. The summed E-state index contributed by atoms with van der Waals surface area (Å²) in [7, 11) is 1.62. The van der Waals surface area contributed by atoms with Crippen molar-refractivity contribution in [2.45, 2.75) is 26.2 Å². The quantitative estimate of drug-likeness (QED) is 0.417. The summed E-state index contributed by atoms with van der Waals surface area (Å²) in [6.45, 7) is 3.03. The molecular weight excluding hydrogens is 416 g/mol. The smallest absolute Gasteiger partial charge is 0.231 e. The zero-order valence-corrected chi connectivity index (χ0v) is 19.1. The molecule has 6 nitrogen and oxygen atoms in total. The summed E-state index contributed by atoms with van der Waals surface area (Å²) in [4.78, 5) is 26.7. The number of para-hydroxylation sites is 1. The summed E-state index contributed by atoms with van der Waals surface area (Å²) in [5, 5.41) is 2.89. The topological polar surface area (TPSA) is 67.9 Å². The van der Waals surface area contributed by atoms with E-state index in [0.29, 0.717) is 38.1 Å². The maximum absolute atomic E-state index is 12.7. The number of amides is 2. The van der Waals surface area contributed by atoms with E-state index in [9.17, 15) is 9.59 Å². The van der Waals surface area contributed by atoms with Crippen molar-refractivity contribution in [3.8, 4) is 11.5 Å². The SMILES string of the molecule is CCN(C(=O)Cc1ccc(NC(=O)CCCOc2ccc(OC)cc2)cc1)c1ccccc1. The number of hydrogen-bond donors (Lipinski definition) is 1. The second-order valence-corrected chi connectivity index (χ2v) is 7.52. The van der Waals surface area contributed by atoms with Gasteiger partial charge in [-0.15, -0.1) is 0 Å². The molecule has 0 heterocycles. The lowest BCUT2D eigenvalue weighted by molar-refractivity contribution is -0.118. The van der Waals surface area contributed by atoms with Gasteiger partial charge in [-0.2, -0.15) is 0 Å². The molecule has 0 saturated carbocycles. The van der Waals surface area contributed by atoms with Crippen LogP contribution in [0.1, 0.15) is 25.3 Å². The van der Waals surface area contributed by atoms with Gasteiger partial charge < -0.3 is 19.7 Å². The van der Waals surface area contributed by atoms with Gasteiger partial charge in [0.05, 0.1) is 20.1 Å². The molecule has 6 heteroatoms. The van der Waals surface area contributed by atoms with Gasteiger partial charge in [-0.05, 0) is 67.4 Å². The van der Waals surface area contributed by atoms with Crippen molar-refractivity contribution in [2.24, 2.45) is 0 Å². The third-order valence-corrected chi connectivity index (χ3v) is 5.15. The molecule has 3 rings (SSSR count). The van der Waals surface area contributed by atoms with Gasteiger partial charge in [-0.1, -0.05) is 30.3 Å². The minimum absolute atomic E-state index is 0.0392. The molecule has 3 aromatic rings. The molecule has 2 amide bonds. The number of nitrogens with zero attached hydrogens (tertiary/aromatic N) is 1. The number of ether oxygens (including phenoxy) is 2. The Bertz CT molecular complexity index is 1020. The highest BCUT2D eigenvalue weighted by atomic mass is 16.5. The minimum Gasteiger partial charge on any atom is -0.497 e. The van der Waals surface area contributed by atoms with Crippen LogP contribution in [0.4, 0.5) is 11.4 Å². The molecule has 0 spiro atoms. The maximum atomic E-state index is 12.7. The number of methoxy groups -OCH3 is 1. The molecule has 172 valence electrons. The van der Waals surface area contributed by atoms with E-state index in [2.05, 4.69) is 5.32 Å². The van der Waals surface area contributed by atoms with Crippen molar-refractivity contribution in [3.05, 3.63) is 84.4 Å². The number of likely N-dealkylation sites (N-methyl/N-ethyl adjacent to an activating group) is 1. The van der Waals surface area contributed by atoms with Crippen LogP contribution in [-0.2, 0) is 16.0 Å². The van der Waals surface area contributed by atoms with E-state index in [1.165, 1.54) is 0 Å². The van der Waals surface area contributed by atoms with E-state index >= 15 is 0 Å². The summed E-state index contributed by atoms with van der Waals surface area (Å²) in [5.74, 6) is 1.49. The lowest BCUT2D eigenvalue weighted by Gasteiger charge is -2.21. The van der Waals surface area contributed by atoms with Gasteiger partial charge >= 0.3 is 0 Å². The fourth-order valence-corrected chi connectivity index (χ4v) is 3.41. The van der Waals surface area contributed by atoms with Crippen molar-refractivity contribution in [3.63, 3.8) is 0 Å². The lowest BCUT2D eigenvalue weighted by Crippen LogP contribution is -2.31. The number of nitrogens with one attached hydrogen (secondary N) is 1. The largest absolute Gasteiger partial charge is 0.497 e. The molecule has 0 aliphatic rings. The number of rotatable bonds is 11. The van der Waals surface area contributed by atoms with Gasteiger partial charge in [0, 0.05) is 24.3 Å². The van der Waals surface area contributed by atoms with E-state index in [4.69, 9.17) is 9.47 Å². The van der Waals surface area contributed by atoms with Crippen molar-refractivity contribution in [1.82, 2.24) is 0 Å². The standard InChI is InChI=1S/C27H30N2O4/c1-3-29(23-8-5-4-6-9-23)27(31)20-21-11-13-22(14-12-21)28-26(30)10-7-19-33-25-17-15-24(32-2)16-18-25/h4-6,8-9,11-18H,3,7,10,19-20H2,1-2H3,(H,28,30). The Hall–Kier alpha value is -3.80. The van der Waals surface area contributed by atoms with Crippen LogP contribution < -0.4 is 19.7 Å². The normalized spacial score (nSPS) is 10.4. The molecular formula is C27H30N2O4. The number of benzene rings is 3. The third kappa shape index (κ3) is 7.38. The average Bonchev–Trinajstić information content (AvgIpc) is 2.84. The third-order valence-electron chi connectivity index (χ3n) is 5.15. The first-order chi connectivity index (χ1) is 16.1. The number of carbonyl (C=O) groups is 2. The van der Waals surface area contributed by atoms with Crippen LogP contribution in [-0.4, -0.2) is 32.1 Å². The van der Waals surface area contributed by atoms with E-state index in [-0.39, 0.29) is 11.8 Å². The molecule has 0 saturated heterocycles. The summed E-state index contributed by atoms with van der Waals surface area (Å²) in [5.41, 5.74) is 2.51. The van der Waals surface area contributed by atoms with Crippen molar-refractivity contribution in [2.75, 3.05) is 30.5 Å². The monoisotopic (exact) mass is 446 g/mol. The highest BCUT2D eigenvalue weighted by Gasteiger charge is 2.14. The number of carbonyl (C=O) groups excluding carboxylic acids is 2. The van der Waals surface area contributed by atoms with Gasteiger partial charge in [-0.3, -0.25) is 9.59 Å². The van der Waals surface area contributed by atoms with Gasteiger partial charge in [-0.25, -0.2) is 0 Å². The Morgan fingerprint density at radius 2 is 1.55 bits per heavy atom. The van der Waals surface area contributed by atoms with Crippen LogP contribution in [0.25, 0.3) is 0 Å². The molecule has 0 bridgehead atoms. The maximum Gasteiger partial charge on any atom is 0.231 e. The fraction of sp³-hybridized carbons (Fsp3) is 0.259. The summed E-state index contributed by atoms with van der Waals surface area (Å²) < 4.78 is 10.8. The highest BCUT2D eigenvalue weighted by Crippen LogP contribution is 2.18. The van der Waals surface area contributed by atoms with E-state index in [1.807, 2.05) is 85.8 Å². The van der Waals surface area contributed by atoms with Crippen LogP contribution in [0, 0.1) is 0 Å². The Morgan fingerprint density at radius 1 is 0.879 bits per heavy atom. The number of hydrogen-bond acceptors (Lipinski definition) is 4. The summed E-state index contributed by atoms with van der Waals surface area (Å²) in [6, 6.07) is 24.4. The first-order valence-electron chi connectivity index (χ1n) is 11.1. The molecule has 3 aromatic carbocycles. The second-order valence-electron chi connectivity index (χ2n) is 7.52. The van der Waals surface area contributed by atoms with Gasteiger partial charge in [0.1, 0.15) is 11.5 Å². The van der Waals surface area contributed by atoms with Crippen LogP contribution in [0.5, 0.6) is 11.5 Å². The van der Waals surface area contributed by atoms with Crippen molar-refractivity contribution in [1.29, 1.82) is 0 Å². The van der Waals surface area contributed by atoms with Crippen molar-refractivity contribution >= 4 is 23.2 Å². The zero-order valence-electron chi connectivity index (χ0n) is 19.1. The second kappa shape index (κ2) is 12.3. The molecule has 0 unspecified atom stereocenters. The molecule has 0 atom stereocenters. The predicted molar refractivity (Wildman–Crippen MR) is 131 cm³/mol. The molecule has 0 fully saturated rings. The first-order valence-corrected chi connectivity index (χ1v) is 11.1. The van der Waals surface area contributed by atoms with Crippen LogP contribution in [0.3, 0.4) is 0 Å². The van der Waals surface area contributed by atoms with Gasteiger partial charge in [0.15, 0.2) is 0 Å². The van der Waals surface area contributed by atoms with Crippen LogP contribution >= 0.6 is 0 Å². The van der Waals surface area contributed by atoms with Gasteiger partial charge in [0.25, 0.3) is 0 Å². The van der Waals surface area contributed by atoms with Crippen LogP contribution in [0.2, 0.25) is 0 Å². The highest BCUT2D eigenvalue weighted by molar-refractivity contribution is 5.95. The summed E-state index contributed by atoms with van der Waals surface area (Å²) >= 11 is 0. The molecule has 1 N–H and O–H groups in total. The molecule has 0 aliphatic carbocycles. The lowest BCUT2D eigenvalue weighted by atomic mass is 10.1. The van der Waals surface area contributed by atoms with Crippen molar-refractivity contribution < 1.29 is 19.1 Å².